The number of carbonyl (C=O) groups excluding carboxylic acids is 1. The third-order valence-corrected chi connectivity index (χ3v) is 6.55. The molecule has 1 aliphatic rings. The summed E-state index contributed by atoms with van der Waals surface area (Å²) in [7, 11) is 0. The summed E-state index contributed by atoms with van der Waals surface area (Å²) >= 11 is 8.73. The molecule has 1 amide bonds. The van der Waals surface area contributed by atoms with E-state index >= 15 is 0 Å². The molecule has 0 aliphatic carbocycles. The Labute approximate surface area is 173 Å². The Bertz CT molecular complexity index is 664. The summed E-state index contributed by atoms with van der Waals surface area (Å²) in [6, 6.07) is 6.08. The number of hydrogen-bond donors (Lipinski definition) is 1. The number of piperazine rings is 1. The van der Waals surface area contributed by atoms with Crippen molar-refractivity contribution in [1.29, 1.82) is 0 Å². The van der Waals surface area contributed by atoms with Crippen LogP contribution in [0.2, 0.25) is 0 Å². The van der Waals surface area contributed by atoms with Gasteiger partial charge in [0.2, 0.25) is 5.91 Å². The molecule has 2 rings (SSSR count). The maximum absolute atomic E-state index is 12.4. The van der Waals surface area contributed by atoms with E-state index in [1.54, 1.807) is 23.9 Å². The monoisotopic (exact) mass is 428 g/mol. The zero-order valence-electron chi connectivity index (χ0n) is 15.2. The van der Waals surface area contributed by atoms with Crippen molar-refractivity contribution in [3.05, 3.63) is 39.9 Å². The lowest BCUT2D eigenvalue weighted by molar-refractivity contribution is -0.384. The van der Waals surface area contributed by atoms with Crippen molar-refractivity contribution in [3.8, 4) is 0 Å². The van der Waals surface area contributed by atoms with Crippen LogP contribution in [0.1, 0.15) is 12.0 Å². The molecule has 0 bridgehead atoms. The van der Waals surface area contributed by atoms with Gasteiger partial charge in [-0.15, -0.1) is 0 Å². The van der Waals surface area contributed by atoms with Crippen LogP contribution in [0.15, 0.2) is 24.3 Å². The minimum Gasteiger partial charge on any atom is -0.354 e. The topological polar surface area (TPSA) is 92.7 Å². The van der Waals surface area contributed by atoms with Crippen molar-refractivity contribution in [1.82, 2.24) is 9.80 Å². The maximum atomic E-state index is 12.4. The Morgan fingerprint density at radius 1 is 1.26 bits per heavy atom. The van der Waals surface area contributed by atoms with Gasteiger partial charge in [0.25, 0.3) is 5.69 Å². The van der Waals surface area contributed by atoms with Gasteiger partial charge in [-0.3, -0.25) is 14.9 Å². The maximum Gasteiger partial charge on any atom is 0.269 e. The summed E-state index contributed by atoms with van der Waals surface area (Å²) in [5.74, 6) is 1.57. The van der Waals surface area contributed by atoms with Crippen molar-refractivity contribution < 1.29 is 9.72 Å². The lowest BCUT2D eigenvalue weighted by atomic mass is 10.2. The predicted octanol–water partition coefficient (Wildman–Crippen LogP) is 2.34. The molecule has 0 radical (unpaired) electrons. The Morgan fingerprint density at radius 3 is 2.41 bits per heavy atom. The molecule has 1 fully saturated rings. The average Bonchev–Trinajstić information content (AvgIpc) is 2.70. The molecule has 0 spiro atoms. The fraction of sp³-hybridized carbons (Fsp3) is 0.529. The molecular weight excluding hydrogens is 404 g/mol. The number of nitro benzene ring substituents is 1. The number of carbonyl (C=O) groups is 1. The van der Waals surface area contributed by atoms with E-state index in [0.717, 1.165) is 15.6 Å². The second kappa shape index (κ2) is 10.8. The van der Waals surface area contributed by atoms with Crippen LogP contribution in [-0.2, 0) is 10.5 Å². The minimum atomic E-state index is -0.424. The highest BCUT2D eigenvalue weighted by Gasteiger charge is 2.26. The van der Waals surface area contributed by atoms with E-state index in [1.165, 1.54) is 23.9 Å². The summed E-state index contributed by atoms with van der Waals surface area (Å²) in [4.78, 5) is 26.6. The molecule has 0 aromatic heterocycles. The van der Waals surface area contributed by atoms with Crippen molar-refractivity contribution in [2.24, 2.45) is 5.73 Å². The molecule has 1 aromatic carbocycles. The molecular formula is C17H24N4O3S3. The standard InChI is InChI=1S/C17H24N4O3S3/c1-26-11-6-15(18)16(22)19-7-9-20(10-8-19)17(25)27-12-13-2-4-14(5-3-13)21(23)24/h2-5,15H,6-12,18H2,1H3/t15-/m0/s1. The molecule has 1 saturated heterocycles. The number of nitrogens with zero attached hydrogens (tertiary/aromatic N) is 3. The van der Waals surface area contributed by atoms with Crippen LogP contribution in [0.25, 0.3) is 0 Å². The van der Waals surface area contributed by atoms with Crippen molar-refractivity contribution in [2.45, 2.75) is 18.2 Å². The molecule has 2 N–H and O–H groups in total. The number of hydrogen-bond acceptors (Lipinski definition) is 7. The average molecular weight is 429 g/mol. The summed E-state index contributed by atoms with van der Waals surface area (Å²) in [5.41, 5.74) is 7.05. The molecule has 7 nitrogen and oxygen atoms in total. The van der Waals surface area contributed by atoms with E-state index in [9.17, 15) is 14.9 Å². The first-order chi connectivity index (χ1) is 12.9. The van der Waals surface area contributed by atoms with Crippen LogP contribution < -0.4 is 5.73 Å². The Hall–Kier alpha value is -1.36. The zero-order valence-corrected chi connectivity index (χ0v) is 17.7. The van der Waals surface area contributed by atoms with E-state index in [4.69, 9.17) is 18.0 Å². The summed E-state index contributed by atoms with van der Waals surface area (Å²) in [5, 5.41) is 10.7. The highest BCUT2D eigenvalue weighted by Crippen LogP contribution is 2.20. The molecule has 27 heavy (non-hydrogen) atoms. The summed E-state index contributed by atoms with van der Waals surface area (Å²) in [6.45, 7) is 2.66. The van der Waals surface area contributed by atoms with Crippen molar-refractivity contribution in [3.63, 3.8) is 0 Å². The SMILES string of the molecule is CSCC[C@H](N)C(=O)N1CCN(C(=S)SCc2ccc([N+](=O)[O-])cc2)CC1. The van der Waals surface area contributed by atoms with Crippen LogP contribution in [0.5, 0.6) is 0 Å². The third kappa shape index (κ3) is 6.63. The summed E-state index contributed by atoms with van der Waals surface area (Å²) < 4.78 is 0.784. The van der Waals surface area contributed by atoms with E-state index in [0.29, 0.717) is 38.4 Å². The van der Waals surface area contributed by atoms with Crippen LogP contribution >= 0.6 is 35.7 Å². The first-order valence-electron chi connectivity index (χ1n) is 8.60. The van der Waals surface area contributed by atoms with Gasteiger partial charge >= 0.3 is 0 Å². The number of nitrogens with two attached hydrogens (primary N) is 1. The molecule has 0 unspecified atom stereocenters. The van der Waals surface area contributed by atoms with Gasteiger partial charge < -0.3 is 15.5 Å². The molecule has 1 heterocycles. The van der Waals surface area contributed by atoms with Gasteiger partial charge in [0.1, 0.15) is 4.32 Å². The fourth-order valence-corrected chi connectivity index (χ4v) is 4.36. The fourth-order valence-electron chi connectivity index (χ4n) is 2.66. The lowest BCUT2D eigenvalue weighted by Gasteiger charge is -2.37. The Kier molecular flexibility index (Phi) is 8.81. The number of nitro groups is 1. The van der Waals surface area contributed by atoms with Crippen LogP contribution in [-0.4, -0.2) is 69.2 Å². The first kappa shape index (κ1) is 21.9. The van der Waals surface area contributed by atoms with Crippen molar-refractivity contribution in [2.75, 3.05) is 38.2 Å². The number of benzene rings is 1. The number of thioether (sulfide) groups is 2. The molecule has 148 valence electrons. The van der Waals surface area contributed by atoms with Gasteiger partial charge in [-0.25, -0.2) is 0 Å². The van der Waals surface area contributed by atoms with Crippen LogP contribution in [0, 0.1) is 10.1 Å². The van der Waals surface area contributed by atoms with Crippen LogP contribution in [0.4, 0.5) is 5.69 Å². The second-order valence-electron chi connectivity index (χ2n) is 6.18. The largest absolute Gasteiger partial charge is 0.354 e. The highest BCUT2D eigenvalue weighted by atomic mass is 32.2. The number of amides is 1. The van der Waals surface area contributed by atoms with E-state index in [2.05, 4.69) is 4.90 Å². The van der Waals surface area contributed by atoms with Crippen LogP contribution in [0.3, 0.4) is 0 Å². The zero-order chi connectivity index (χ0) is 19.8. The van der Waals surface area contributed by atoms with E-state index in [1.807, 2.05) is 11.2 Å². The first-order valence-corrected chi connectivity index (χ1v) is 11.4. The third-order valence-electron chi connectivity index (χ3n) is 4.31. The second-order valence-corrected chi connectivity index (χ2v) is 8.77. The van der Waals surface area contributed by atoms with Gasteiger partial charge in [-0.2, -0.15) is 11.8 Å². The molecule has 1 aromatic rings. The minimum absolute atomic E-state index is 0.0214. The molecule has 1 atom stereocenters. The number of non-ortho nitro benzene ring substituents is 1. The number of rotatable bonds is 7. The summed E-state index contributed by atoms with van der Waals surface area (Å²) in [6.07, 6.45) is 2.70. The lowest BCUT2D eigenvalue weighted by Crippen LogP contribution is -2.53. The van der Waals surface area contributed by atoms with Crippen molar-refractivity contribution >= 4 is 51.7 Å². The quantitative estimate of drug-likeness (QED) is 0.402. The highest BCUT2D eigenvalue weighted by molar-refractivity contribution is 8.22. The number of thiocarbonyl (C=S) groups is 1. The van der Waals surface area contributed by atoms with Gasteiger partial charge in [0.15, 0.2) is 0 Å². The smallest absolute Gasteiger partial charge is 0.269 e. The molecule has 10 heteroatoms. The Balaban J connectivity index is 1.76. The predicted molar refractivity (Wildman–Crippen MR) is 116 cm³/mol. The van der Waals surface area contributed by atoms with Gasteiger partial charge in [0.05, 0.1) is 11.0 Å². The van der Waals surface area contributed by atoms with Gasteiger partial charge in [-0.05, 0) is 24.0 Å². The normalized spacial score (nSPS) is 15.5. The molecule has 1 aliphatic heterocycles. The van der Waals surface area contributed by atoms with Gasteiger partial charge in [0, 0.05) is 44.1 Å². The van der Waals surface area contributed by atoms with E-state index in [-0.39, 0.29) is 11.6 Å². The molecule has 0 saturated carbocycles. The van der Waals surface area contributed by atoms with E-state index < -0.39 is 11.0 Å². The Morgan fingerprint density at radius 2 is 1.85 bits per heavy atom. The van der Waals surface area contributed by atoms with Gasteiger partial charge in [-0.1, -0.05) is 36.1 Å².